The molecule has 27 heavy (non-hydrogen) atoms. The van der Waals surface area contributed by atoms with Gasteiger partial charge in [-0.1, -0.05) is 28.1 Å². The fourth-order valence-electron chi connectivity index (χ4n) is 3.65. The number of rotatable bonds is 4. The lowest BCUT2D eigenvalue weighted by atomic mass is 9.95. The molecule has 0 atom stereocenters. The van der Waals surface area contributed by atoms with Gasteiger partial charge in [0.2, 0.25) is 5.91 Å². The number of imidazole rings is 1. The summed E-state index contributed by atoms with van der Waals surface area (Å²) in [5, 5.41) is 3.09. The Balaban J connectivity index is 1.32. The number of nitrogens with one attached hydrogen (secondary N) is 2. The first kappa shape index (κ1) is 18.2. The van der Waals surface area contributed by atoms with E-state index in [0.717, 1.165) is 65.1 Å². The van der Waals surface area contributed by atoms with Crippen LogP contribution in [0.2, 0.25) is 0 Å². The minimum absolute atomic E-state index is 0.0694. The number of aromatic amines is 1. The number of aryl methyl sites for hydroxylation is 1. The number of likely N-dealkylation sites (tertiary alicyclic amines) is 1. The number of carbonyl (C=O) groups is 1. The molecule has 6 heteroatoms. The molecule has 1 amide bonds. The average molecular weight is 427 g/mol. The minimum Gasteiger partial charge on any atom is -0.341 e. The Morgan fingerprint density at radius 2 is 2.04 bits per heavy atom. The summed E-state index contributed by atoms with van der Waals surface area (Å²) < 4.78 is 1.02. The Labute approximate surface area is 167 Å². The molecule has 3 aromatic rings. The van der Waals surface area contributed by atoms with Gasteiger partial charge in [0, 0.05) is 16.1 Å². The van der Waals surface area contributed by atoms with Gasteiger partial charge < -0.3 is 10.3 Å². The molecule has 0 aliphatic carbocycles. The maximum Gasteiger partial charge on any atom is 0.227 e. The van der Waals surface area contributed by atoms with E-state index in [9.17, 15) is 4.79 Å². The van der Waals surface area contributed by atoms with Gasteiger partial charge >= 0.3 is 0 Å². The fourth-order valence-corrected chi connectivity index (χ4v) is 4.12. The van der Waals surface area contributed by atoms with Crippen molar-refractivity contribution in [3.05, 3.63) is 58.3 Å². The molecule has 0 bridgehead atoms. The van der Waals surface area contributed by atoms with Gasteiger partial charge in [0.15, 0.2) is 0 Å². The van der Waals surface area contributed by atoms with E-state index in [1.54, 1.807) is 0 Å². The average Bonchev–Trinajstić information content (AvgIpc) is 3.07. The van der Waals surface area contributed by atoms with Crippen LogP contribution in [0.15, 0.2) is 46.9 Å². The fraction of sp³-hybridized carbons (Fsp3) is 0.333. The number of H-pyrrole nitrogens is 1. The third-order valence-electron chi connectivity index (χ3n) is 5.22. The second-order valence-corrected chi connectivity index (χ2v) is 8.12. The number of hydrogen-bond donors (Lipinski definition) is 2. The smallest absolute Gasteiger partial charge is 0.227 e. The molecule has 4 rings (SSSR count). The number of carbonyl (C=O) groups excluding carboxylic acids is 1. The molecule has 0 spiro atoms. The van der Waals surface area contributed by atoms with Crippen molar-refractivity contribution in [3.63, 3.8) is 0 Å². The quantitative estimate of drug-likeness (QED) is 0.645. The Morgan fingerprint density at radius 3 is 2.78 bits per heavy atom. The molecule has 2 aromatic carbocycles. The van der Waals surface area contributed by atoms with Gasteiger partial charge in [0.25, 0.3) is 0 Å². The van der Waals surface area contributed by atoms with Crippen molar-refractivity contribution in [2.45, 2.75) is 26.3 Å². The summed E-state index contributed by atoms with van der Waals surface area (Å²) in [6.07, 6.45) is 1.75. The highest BCUT2D eigenvalue weighted by Crippen LogP contribution is 2.24. The first-order valence-electron chi connectivity index (χ1n) is 9.31. The molecule has 1 fully saturated rings. The number of aromatic nitrogens is 2. The number of benzene rings is 2. The predicted octanol–water partition coefficient (Wildman–Crippen LogP) is 4.48. The van der Waals surface area contributed by atoms with Crippen LogP contribution < -0.4 is 5.32 Å². The lowest BCUT2D eigenvalue weighted by Gasteiger charge is -2.30. The molecule has 5 nitrogen and oxygen atoms in total. The number of nitrogens with zero attached hydrogens (tertiary/aromatic N) is 2. The van der Waals surface area contributed by atoms with Crippen molar-refractivity contribution >= 4 is 38.6 Å². The summed E-state index contributed by atoms with van der Waals surface area (Å²) >= 11 is 3.46. The number of piperidine rings is 1. The van der Waals surface area contributed by atoms with E-state index in [1.165, 1.54) is 0 Å². The van der Waals surface area contributed by atoms with Crippen molar-refractivity contribution in [1.82, 2.24) is 14.9 Å². The number of halogens is 1. The summed E-state index contributed by atoms with van der Waals surface area (Å²) in [4.78, 5) is 23.0. The molecular formula is C21H23BrN4O. The Kier molecular flexibility index (Phi) is 5.27. The van der Waals surface area contributed by atoms with E-state index in [1.807, 2.05) is 49.4 Å². The SMILES string of the molecule is Cc1cc(Br)ccc1NC(=O)C1CCN(Cc2nc3ccccc3[nH]2)CC1. The van der Waals surface area contributed by atoms with Crippen LogP contribution in [0.3, 0.4) is 0 Å². The maximum absolute atomic E-state index is 12.6. The first-order valence-corrected chi connectivity index (χ1v) is 10.1. The van der Waals surface area contributed by atoms with Crippen molar-refractivity contribution in [2.75, 3.05) is 18.4 Å². The molecular weight excluding hydrogens is 404 g/mol. The van der Waals surface area contributed by atoms with Crippen molar-refractivity contribution in [3.8, 4) is 0 Å². The molecule has 2 N–H and O–H groups in total. The van der Waals surface area contributed by atoms with E-state index in [2.05, 4.69) is 36.1 Å². The van der Waals surface area contributed by atoms with Crippen LogP contribution in [0.5, 0.6) is 0 Å². The standard InChI is InChI=1S/C21H23BrN4O/c1-14-12-16(22)6-7-17(14)25-21(27)15-8-10-26(11-9-15)13-20-23-18-4-2-3-5-19(18)24-20/h2-7,12,15H,8-11,13H2,1H3,(H,23,24)(H,25,27). The minimum atomic E-state index is 0.0694. The summed E-state index contributed by atoms with van der Waals surface area (Å²) in [6, 6.07) is 14.0. The number of hydrogen-bond acceptors (Lipinski definition) is 3. The molecule has 1 aromatic heterocycles. The first-order chi connectivity index (χ1) is 13.1. The monoisotopic (exact) mass is 426 g/mol. The molecule has 1 aliphatic rings. The van der Waals surface area contributed by atoms with Gasteiger partial charge in [-0.15, -0.1) is 0 Å². The van der Waals surface area contributed by atoms with Crippen LogP contribution in [0.1, 0.15) is 24.2 Å². The van der Waals surface area contributed by atoms with Crippen molar-refractivity contribution < 1.29 is 4.79 Å². The van der Waals surface area contributed by atoms with Crippen LogP contribution >= 0.6 is 15.9 Å². The third-order valence-corrected chi connectivity index (χ3v) is 5.71. The Hall–Kier alpha value is -2.18. The van der Waals surface area contributed by atoms with Gasteiger partial charge in [0.05, 0.1) is 17.6 Å². The largest absolute Gasteiger partial charge is 0.341 e. The van der Waals surface area contributed by atoms with Crippen molar-refractivity contribution in [1.29, 1.82) is 0 Å². The zero-order chi connectivity index (χ0) is 18.8. The Morgan fingerprint density at radius 1 is 1.26 bits per heavy atom. The summed E-state index contributed by atoms with van der Waals surface area (Å²) in [6.45, 7) is 4.63. The van der Waals surface area contributed by atoms with Crippen LogP contribution in [0, 0.1) is 12.8 Å². The van der Waals surface area contributed by atoms with Gasteiger partial charge in [0.1, 0.15) is 5.82 Å². The topological polar surface area (TPSA) is 61.0 Å². The maximum atomic E-state index is 12.6. The molecule has 1 saturated heterocycles. The molecule has 140 valence electrons. The van der Waals surface area contributed by atoms with Crippen LogP contribution in [-0.4, -0.2) is 33.9 Å². The Bertz CT molecular complexity index is 927. The van der Waals surface area contributed by atoms with E-state index in [0.29, 0.717) is 0 Å². The predicted molar refractivity (Wildman–Crippen MR) is 112 cm³/mol. The van der Waals surface area contributed by atoms with Gasteiger partial charge in [-0.25, -0.2) is 4.98 Å². The molecule has 2 heterocycles. The van der Waals surface area contributed by atoms with Crippen LogP contribution in [0.4, 0.5) is 5.69 Å². The van der Waals surface area contributed by atoms with Crippen molar-refractivity contribution in [2.24, 2.45) is 5.92 Å². The number of fused-ring (bicyclic) bond motifs is 1. The second-order valence-electron chi connectivity index (χ2n) is 7.20. The normalized spacial score (nSPS) is 15.9. The van der Waals surface area contributed by atoms with Gasteiger partial charge in [-0.05, 0) is 68.8 Å². The molecule has 0 unspecified atom stereocenters. The highest BCUT2D eigenvalue weighted by Gasteiger charge is 2.25. The van der Waals surface area contributed by atoms with Gasteiger partial charge in [-0.3, -0.25) is 9.69 Å². The summed E-state index contributed by atoms with van der Waals surface area (Å²) in [5.41, 5.74) is 4.05. The highest BCUT2D eigenvalue weighted by atomic mass is 79.9. The zero-order valence-electron chi connectivity index (χ0n) is 15.3. The number of anilines is 1. The third kappa shape index (κ3) is 4.22. The zero-order valence-corrected chi connectivity index (χ0v) is 16.9. The van der Waals surface area contributed by atoms with Crippen LogP contribution in [0.25, 0.3) is 11.0 Å². The highest BCUT2D eigenvalue weighted by molar-refractivity contribution is 9.10. The van der Waals surface area contributed by atoms with Gasteiger partial charge in [-0.2, -0.15) is 0 Å². The molecule has 0 radical (unpaired) electrons. The number of para-hydroxylation sites is 2. The van der Waals surface area contributed by atoms with E-state index in [-0.39, 0.29) is 11.8 Å². The second kappa shape index (κ2) is 7.82. The van der Waals surface area contributed by atoms with E-state index in [4.69, 9.17) is 0 Å². The van der Waals surface area contributed by atoms with E-state index >= 15 is 0 Å². The molecule has 0 saturated carbocycles. The molecule has 1 aliphatic heterocycles. The lowest BCUT2D eigenvalue weighted by Crippen LogP contribution is -2.38. The number of amides is 1. The summed E-state index contributed by atoms with van der Waals surface area (Å²) in [5.74, 6) is 1.19. The summed E-state index contributed by atoms with van der Waals surface area (Å²) in [7, 11) is 0. The lowest BCUT2D eigenvalue weighted by molar-refractivity contribution is -0.121. The van der Waals surface area contributed by atoms with Crippen LogP contribution in [-0.2, 0) is 11.3 Å². The van der Waals surface area contributed by atoms with E-state index < -0.39 is 0 Å².